The Kier molecular flexibility index (Phi) is 36.9. The van der Waals surface area contributed by atoms with Crippen LogP contribution in [0.15, 0.2) is 437 Å². The van der Waals surface area contributed by atoms with Gasteiger partial charge in [0.15, 0.2) is 0 Å². The van der Waals surface area contributed by atoms with E-state index in [2.05, 4.69) is 397 Å². The first-order valence-corrected chi connectivity index (χ1v) is 45.7. The fourth-order valence-corrected chi connectivity index (χ4v) is 22.5. The molecule has 16 aromatic rings. The number of nitrogens with zero attached hydrogens (tertiary/aromatic N) is 4. The van der Waals surface area contributed by atoms with Crippen LogP contribution in [0.3, 0.4) is 0 Å². The number of nitro benzene ring substituents is 2. The Bertz CT molecular complexity index is 4970. The Morgan fingerprint density at radius 3 is 0.772 bits per heavy atom. The van der Waals surface area contributed by atoms with Crippen LogP contribution in [0.1, 0.15) is 27.7 Å². The summed E-state index contributed by atoms with van der Waals surface area (Å²) in [5.74, 6) is 1.74. The van der Waals surface area contributed by atoms with Crippen molar-refractivity contribution >= 4 is 154 Å². The summed E-state index contributed by atoms with van der Waals surface area (Å²) in [6.45, 7) is 8.05. The van der Waals surface area contributed by atoms with Crippen LogP contribution in [0, 0.1) is 23.8 Å². The zero-order valence-corrected chi connectivity index (χ0v) is 76.1. The van der Waals surface area contributed by atoms with E-state index in [1.54, 1.807) is 36.7 Å². The van der Waals surface area contributed by atoms with Crippen molar-refractivity contribution in [2.45, 2.75) is 38.9 Å². The molecule has 1 aliphatic heterocycles. The van der Waals surface area contributed by atoms with Crippen LogP contribution < -0.4 is 90.1 Å². The fourth-order valence-electron chi connectivity index (χ4n) is 12.7. The monoisotopic (exact) mass is 1900 g/mol. The van der Waals surface area contributed by atoms with Crippen molar-refractivity contribution in [3.05, 3.63) is 461 Å². The Hall–Kier alpha value is -11.5. The number of halogens is 1. The molecule has 123 heavy (non-hydrogen) atoms. The largest absolute Gasteiger partial charge is 0.498 e. The number of aromatic nitrogens is 2. The number of anilines is 2. The third kappa shape index (κ3) is 27.0. The van der Waals surface area contributed by atoms with Gasteiger partial charge in [-0.3, -0.25) is 20.2 Å². The molecule has 1 aliphatic rings. The predicted molar refractivity (Wildman–Crippen MR) is 525 cm³/mol. The molecule has 14 nitrogen and oxygen atoms in total. The summed E-state index contributed by atoms with van der Waals surface area (Å²) < 4.78 is 22.7. The maximum absolute atomic E-state index is 10.7. The molecule has 21 heteroatoms. The van der Waals surface area contributed by atoms with Gasteiger partial charge in [-0.2, -0.15) is 0 Å². The van der Waals surface area contributed by atoms with Crippen LogP contribution in [0.25, 0.3) is 11.1 Å². The smallest absolute Gasteiger partial charge is 0.496 e. The molecule has 620 valence electrons. The molecule has 1 fully saturated rings. The predicted octanol–water partition coefficient (Wildman–Crippen LogP) is 19.2. The molecule has 0 atom stereocenters. The van der Waals surface area contributed by atoms with E-state index in [0.717, 1.165) is 9.03 Å². The first-order chi connectivity index (χ1) is 59.4. The van der Waals surface area contributed by atoms with E-state index >= 15 is 0 Å². The number of methoxy groups -OCH3 is 2. The zero-order valence-electron chi connectivity index (χ0n) is 68.8. The molecule has 4 N–H and O–H groups in total. The molecule has 1 saturated heterocycles. The summed E-state index contributed by atoms with van der Waals surface area (Å²) in [5.41, 5.74) is 13.1. The van der Waals surface area contributed by atoms with Gasteiger partial charge in [0.2, 0.25) is 0 Å². The van der Waals surface area contributed by atoms with Crippen molar-refractivity contribution in [2.24, 2.45) is 0 Å². The van der Waals surface area contributed by atoms with Gasteiger partial charge < -0.3 is 30.2 Å². The molecule has 0 unspecified atom stereocenters. The van der Waals surface area contributed by atoms with E-state index in [9.17, 15) is 20.2 Å². The van der Waals surface area contributed by atoms with Crippen molar-refractivity contribution < 1.29 is 49.1 Å². The molecular weight excluding hydrogens is 1810 g/mol. The van der Waals surface area contributed by atoms with Gasteiger partial charge in [0.1, 0.15) is 23.1 Å². The van der Waals surface area contributed by atoms with Gasteiger partial charge in [0.25, 0.3) is 11.4 Å². The van der Waals surface area contributed by atoms with Crippen molar-refractivity contribution in [2.75, 3.05) is 25.7 Å². The first kappa shape index (κ1) is 93.7. The second-order valence-corrected chi connectivity index (χ2v) is 38.1. The molecule has 0 bridgehead atoms. The number of nitrogens with two attached hydrogens (primary N) is 2. The van der Waals surface area contributed by atoms with Crippen LogP contribution in [-0.2, 0) is 29.7 Å². The van der Waals surface area contributed by atoms with E-state index < -0.39 is 48.7 Å². The van der Waals surface area contributed by atoms with Crippen molar-refractivity contribution in [1.82, 2.24) is 9.97 Å². The summed E-state index contributed by atoms with van der Waals surface area (Å²) in [6.07, 6.45) is 3.24. The molecule has 2 aromatic heterocycles. The zero-order chi connectivity index (χ0) is 85.9. The van der Waals surface area contributed by atoms with Gasteiger partial charge >= 0.3 is 7.12 Å². The molecule has 0 saturated carbocycles. The maximum atomic E-state index is 10.7. The summed E-state index contributed by atoms with van der Waals surface area (Å²) in [6, 6.07) is 145. The second kappa shape index (κ2) is 48.4. The van der Waals surface area contributed by atoms with Crippen LogP contribution in [0.2, 0.25) is 0 Å². The quantitative estimate of drug-likeness (QED) is 0.0271. The Labute approximate surface area is 754 Å². The molecule has 0 aliphatic carbocycles. The molecular formula is C102H94BIN6O8P4Pd. The van der Waals surface area contributed by atoms with E-state index in [0.29, 0.717) is 34.3 Å². The van der Waals surface area contributed by atoms with Crippen LogP contribution in [0.5, 0.6) is 11.5 Å². The fraction of sp³-hybridized carbons (Fsp3) is 0.0784. The molecule has 0 radical (unpaired) electrons. The number of hydrogen-bond donors (Lipinski definition) is 2. The van der Waals surface area contributed by atoms with Gasteiger partial charge in [0, 0.05) is 61.5 Å². The van der Waals surface area contributed by atoms with E-state index in [1.807, 2.05) is 39.8 Å². The van der Waals surface area contributed by atoms with E-state index in [-0.39, 0.29) is 43.0 Å². The number of hydrogen-bond acceptors (Lipinski definition) is 12. The summed E-state index contributed by atoms with van der Waals surface area (Å²) in [7, 11) is 0.725. The molecule has 0 spiro atoms. The average Bonchev–Trinajstić information content (AvgIpc) is 1.62. The van der Waals surface area contributed by atoms with Crippen LogP contribution in [0.4, 0.5) is 23.0 Å². The third-order valence-corrected chi connectivity index (χ3v) is 30.1. The number of rotatable bonds is 18. The average molecular weight is 1900 g/mol. The normalized spacial score (nSPS) is 11.8. The Morgan fingerprint density at radius 2 is 0.545 bits per heavy atom. The van der Waals surface area contributed by atoms with Gasteiger partial charge in [-0.25, -0.2) is 9.97 Å². The minimum absolute atomic E-state index is 0. The van der Waals surface area contributed by atoms with Crippen LogP contribution in [-0.4, -0.2) is 52.4 Å². The second-order valence-electron chi connectivity index (χ2n) is 28.1. The minimum Gasteiger partial charge on any atom is -0.496 e. The number of pyridine rings is 2. The molecule has 17 rings (SSSR count). The SMILES string of the molecule is CC1(C)OB(c2cccnc2N)OC1(C)C.COc1cc([N+](=O)[O-])ccc1-c1cccnc1N.COc1cc([N+](=O)[O-])ccc1I.[Pd].c1ccc(P(c2ccccc2)c2ccccc2)cc1.c1ccc(P(c2ccccc2)c2ccccc2)cc1.c1ccc(P(c2ccccc2)c2ccccc2)cc1.c1ccc(P(c2ccccc2)c2ccccc2)cc1. The van der Waals surface area contributed by atoms with E-state index in [4.69, 9.17) is 30.2 Å². The maximum Gasteiger partial charge on any atom is 0.498 e. The van der Waals surface area contributed by atoms with Gasteiger partial charge in [-0.1, -0.05) is 370 Å². The number of nitrogen functional groups attached to an aromatic ring is 2. The first-order valence-electron chi connectivity index (χ1n) is 39.3. The number of ether oxygens (including phenoxy) is 2. The van der Waals surface area contributed by atoms with Gasteiger partial charge in [-0.05, 0) is 176 Å². The summed E-state index contributed by atoms with van der Waals surface area (Å²) in [4.78, 5) is 28.1. The summed E-state index contributed by atoms with van der Waals surface area (Å²) >= 11 is 2.05. The molecule has 0 amide bonds. The van der Waals surface area contributed by atoms with Crippen molar-refractivity contribution in [3.8, 4) is 22.6 Å². The molecule has 3 heterocycles. The van der Waals surface area contributed by atoms with Gasteiger partial charge in [0.05, 0.1) is 51.0 Å². The van der Waals surface area contributed by atoms with Crippen molar-refractivity contribution in [3.63, 3.8) is 0 Å². The minimum atomic E-state index is -0.473. The third-order valence-electron chi connectivity index (χ3n) is 19.4. The number of non-ortho nitro benzene ring substituents is 2. The van der Waals surface area contributed by atoms with Crippen LogP contribution >= 0.6 is 54.3 Å². The van der Waals surface area contributed by atoms with Crippen molar-refractivity contribution in [1.29, 1.82) is 0 Å². The van der Waals surface area contributed by atoms with Gasteiger partial charge in [-0.15, -0.1) is 0 Å². The van der Waals surface area contributed by atoms with E-state index in [1.165, 1.54) is 102 Å². The Balaban J connectivity index is 0.000000151. The Morgan fingerprint density at radius 1 is 0.317 bits per heavy atom. The summed E-state index contributed by atoms with van der Waals surface area (Å²) in [5, 5.41) is 37.8. The number of nitro groups is 2. The molecule has 14 aromatic carbocycles. The topological polar surface area (TPSA) is 201 Å². The number of benzene rings is 14. The standard InChI is InChI=1S/4C18H15P.C12H11N3O3.C11H17BN2O2.C7H6INO3.Pd/c4*1-4-10-16(11-5-1)19(17-12-6-2-7-13-17)18-14-8-3-9-15-18;1-18-11-7-8(15(16)17)4-5-9(11)10-3-2-6-14-12(10)13;1-10(2)11(3,4)16-12(15-10)8-6-5-7-14-9(8)13;1-12-7-4-5(9(10)11)2-3-6(7)8;/h4*1-15H;2-7H,1H3,(H2,13,14);5-7H,1-4H3,(H2,13,14);2-4H,1H3;.